The average Bonchev–Trinajstić information content (AvgIpc) is 3.23. The zero-order chi connectivity index (χ0) is 26.9. The maximum absolute atomic E-state index is 13.2. The molecule has 0 aliphatic carbocycles. The Balaban J connectivity index is 1.73. The minimum atomic E-state index is -1.43. The molecule has 0 amide bonds. The number of esters is 1. The number of cyclic esters (lactones) is 1. The van der Waals surface area contributed by atoms with E-state index < -0.39 is 11.6 Å². The minimum absolute atomic E-state index is 0.0250. The van der Waals surface area contributed by atoms with E-state index in [0.717, 1.165) is 30.2 Å². The van der Waals surface area contributed by atoms with E-state index in [-0.39, 0.29) is 5.75 Å². The Morgan fingerprint density at radius 2 is 1.61 bits per heavy atom. The highest BCUT2D eigenvalue weighted by Gasteiger charge is 2.51. The van der Waals surface area contributed by atoms with E-state index in [4.69, 9.17) is 21.1 Å². The molecule has 1 atom stereocenters. The lowest BCUT2D eigenvalue weighted by Gasteiger charge is -2.33. The van der Waals surface area contributed by atoms with Gasteiger partial charge < -0.3 is 24.8 Å². The van der Waals surface area contributed by atoms with Crippen LogP contribution in [0.1, 0.15) is 40.9 Å². The maximum Gasteiger partial charge on any atom is 0.340 e. The predicted molar refractivity (Wildman–Crippen MR) is 151 cm³/mol. The summed E-state index contributed by atoms with van der Waals surface area (Å²) in [7, 11) is 1.57. The van der Waals surface area contributed by atoms with Crippen molar-refractivity contribution in [1.29, 1.82) is 0 Å². The Morgan fingerprint density at radius 1 is 0.895 bits per heavy atom. The first kappa shape index (κ1) is 25.5. The highest BCUT2D eigenvalue weighted by atomic mass is 35.5. The standard InChI is InChI=1S/C31H29ClN2O4/c1-4-34(5-2)23-15-16-26(28(35)19-23)31(25-9-7-6-8-24(25)30(36)38-31)27-18-22(14-17-29(27)37-3)33-21-12-10-20(32)11-13-21/h6-19,33,35H,4-5H2,1-3H3. The smallest absolute Gasteiger partial charge is 0.340 e. The summed E-state index contributed by atoms with van der Waals surface area (Å²) in [5.41, 5.74) is 3.17. The number of aromatic hydroxyl groups is 1. The molecule has 5 rings (SSSR count). The SMILES string of the molecule is CCN(CC)c1ccc(C2(c3cc(Nc4ccc(Cl)cc4)ccc3OC)OC(=O)c3ccccc32)c(O)c1. The van der Waals surface area contributed by atoms with Crippen LogP contribution in [0.4, 0.5) is 17.1 Å². The molecule has 1 heterocycles. The molecule has 6 nitrogen and oxygen atoms in total. The summed E-state index contributed by atoms with van der Waals surface area (Å²) in [6, 6.07) is 25.7. The number of carbonyl (C=O) groups is 1. The molecule has 194 valence electrons. The fraction of sp³-hybridized carbons (Fsp3) is 0.194. The topological polar surface area (TPSA) is 71.0 Å². The van der Waals surface area contributed by atoms with Crippen LogP contribution in [0, 0.1) is 0 Å². The van der Waals surface area contributed by atoms with Gasteiger partial charge in [0, 0.05) is 57.9 Å². The van der Waals surface area contributed by atoms with Crippen molar-refractivity contribution in [1.82, 2.24) is 0 Å². The summed E-state index contributed by atoms with van der Waals surface area (Å²) in [5.74, 6) is 0.0753. The number of nitrogens with one attached hydrogen (secondary N) is 1. The molecular weight excluding hydrogens is 500 g/mol. The van der Waals surface area contributed by atoms with Gasteiger partial charge in [0.15, 0.2) is 5.60 Å². The molecule has 0 bridgehead atoms. The van der Waals surface area contributed by atoms with Crippen LogP contribution in [0.25, 0.3) is 0 Å². The fourth-order valence-corrected chi connectivity index (χ4v) is 5.25. The molecule has 7 heteroatoms. The van der Waals surface area contributed by atoms with Gasteiger partial charge in [-0.1, -0.05) is 29.8 Å². The first-order valence-corrected chi connectivity index (χ1v) is 12.9. The van der Waals surface area contributed by atoms with Gasteiger partial charge in [-0.3, -0.25) is 0 Å². The Kier molecular flexibility index (Phi) is 6.91. The van der Waals surface area contributed by atoms with Crippen molar-refractivity contribution in [3.63, 3.8) is 0 Å². The van der Waals surface area contributed by atoms with Gasteiger partial charge in [0.1, 0.15) is 11.5 Å². The average molecular weight is 529 g/mol. The highest BCUT2D eigenvalue weighted by molar-refractivity contribution is 6.30. The number of hydrogen-bond acceptors (Lipinski definition) is 6. The van der Waals surface area contributed by atoms with Gasteiger partial charge in [-0.25, -0.2) is 4.79 Å². The number of ether oxygens (including phenoxy) is 2. The lowest BCUT2D eigenvalue weighted by Crippen LogP contribution is -2.30. The van der Waals surface area contributed by atoms with Crippen LogP contribution >= 0.6 is 11.6 Å². The van der Waals surface area contributed by atoms with E-state index >= 15 is 0 Å². The van der Waals surface area contributed by atoms with E-state index in [2.05, 4.69) is 24.1 Å². The van der Waals surface area contributed by atoms with Gasteiger partial charge in [0.2, 0.25) is 0 Å². The Morgan fingerprint density at radius 3 is 2.29 bits per heavy atom. The molecule has 4 aromatic rings. The number of benzene rings is 4. The van der Waals surface area contributed by atoms with Crippen molar-refractivity contribution in [2.75, 3.05) is 30.4 Å². The molecule has 0 spiro atoms. The molecule has 1 unspecified atom stereocenters. The second-order valence-electron chi connectivity index (χ2n) is 9.04. The second-order valence-corrected chi connectivity index (χ2v) is 9.47. The highest BCUT2D eigenvalue weighted by Crippen LogP contribution is 2.53. The summed E-state index contributed by atoms with van der Waals surface area (Å²) in [4.78, 5) is 15.4. The lowest BCUT2D eigenvalue weighted by molar-refractivity contribution is 0.0239. The van der Waals surface area contributed by atoms with Gasteiger partial charge >= 0.3 is 5.97 Å². The number of carbonyl (C=O) groups excluding carboxylic acids is 1. The second kappa shape index (κ2) is 10.3. The summed E-state index contributed by atoms with van der Waals surface area (Å²) in [6.07, 6.45) is 0. The van der Waals surface area contributed by atoms with Crippen LogP contribution in [0.3, 0.4) is 0 Å². The van der Waals surface area contributed by atoms with Crippen molar-refractivity contribution in [2.24, 2.45) is 0 Å². The number of phenolic OH excluding ortho intramolecular Hbond substituents is 1. The summed E-state index contributed by atoms with van der Waals surface area (Å²) < 4.78 is 12.0. The number of anilines is 3. The van der Waals surface area contributed by atoms with Crippen LogP contribution in [0.2, 0.25) is 5.02 Å². The van der Waals surface area contributed by atoms with Gasteiger partial charge in [0.25, 0.3) is 0 Å². The monoisotopic (exact) mass is 528 g/mol. The van der Waals surface area contributed by atoms with Crippen LogP contribution in [-0.4, -0.2) is 31.3 Å². The number of hydrogen-bond donors (Lipinski definition) is 2. The van der Waals surface area contributed by atoms with Crippen LogP contribution in [0.5, 0.6) is 11.5 Å². The number of phenols is 1. The number of nitrogens with zero attached hydrogens (tertiary/aromatic N) is 1. The van der Waals surface area contributed by atoms with Gasteiger partial charge in [-0.2, -0.15) is 0 Å². The minimum Gasteiger partial charge on any atom is -0.507 e. The number of rotatable bonds is 8. The molecule has 1 aliphatic heterocycles. The van der Waals surface area contributed by atoms with Crippen LogP contribution < -0.4 is 15.0 Å². The molecule has 0 fully saturated rings. The largest absolute Gasteiger partial charge is 0.507 e. The zero-order valence-corrected chi connectivity index (χ0v) is 22.3. The molecule has 0 saturated heterocycles. The van der Waals surface area contributed by atoms with Crippen molar-refractivity contribution in [3.8, 4) is 11.5 Å². The number of halogens is 1. The van der Waals surface area contributed by atoms with Crippen LogP contribution in [-0.2, 0) is 10.3 Å². The Labute approximate surface area is 227 Å². The molecule has 0 radical (unpaired) electrons. The molecular formula is C31H29ClN2O4. The first-order chi connectivity index (χ1) is 18.4. The quantitative estimate of drug-likeness (QED) is 0.237. The zero-order valence-electron chi connectivity index (χ0n) is 21.5. The third kappa shape index (κ3) is 4.31. The summed E-state index contributed by atoms with van der Waals surface area (Å²) in [6.45, 7) is 5.72. The Hall–Kier alpha value is -4.16. The van der Waals surface area contributed by atoms with Crippen molar-refractivity contribution in [3.05, 3.63) is 112 Å². The van der Waals surface area contributed by atoms with E-state index in [1.807, 2.05) is 54.6 Å². The van der Waals surface area contributed by atoms with E-state index in [9.17, 15) is 9.90 Å². The molecule has 1 aliphatic rings. The van der Waals surface area contributed by atoms with Gasteiger partial charge in [0.05, 0.1) is 12.7 Å². The van der Waals surface area contributed by atoms with Gasteiger partial charge in [-0.15, -0.1) is 0 Å². The third-order valence-electron chi connectivity index (χ3n) is 6.97. The van der Waals surface area contributed by atoms with Crippen LogP contribution in [0.15, 0.2) is 84.9 Å². The maximum atomic E-state index is 13.2. The molecule has 2 N–H and O–H groups in total. The summed E-state index contributed by atoms with van der Waals surface area (Å²) >= 11 is 6.06. The van der Waals surface area contributed by atoms with Crippen molar-refractivity contribution in [2.45, 2.75) is 19.4 Å². The molecule has 0 saturated carbocycles. The lowest BCUT2D eigenvalue weighted by atomic mass is 9.78. The molecule has 38 heavy (non-hydrogen) atoms. The van der Waals surface area contributed by atoms with E-state index in [0.29, 0.717) is 33.0 Å². The number of fused-ring (bicyclic) bond motifs is 1. The first-order valence-electron chi connectivity index (χ1n) is 12.5. The van der Waals surface area contributed by atoms with E-state index in [1.54, 1.807) is 37.4 Å². The van der Waals surface area contributed by atoms with Gasteiger partial charge in [-0.05, 0) is 74.5 Å². The Bertz CT molecular complexity index is 1480. The summed E-state index contributed by atoms with van der Waals surface area (Å²) in [5, 5.41) is 15.5. The van der Waals surface area contributed by atoms with Crippen molar-refractivity contribution >= 4 is 34.6 Å². The third-order valence-corrected chi connectivity index (χ3v) is 7.22. The molecule has 0 aromatic heterocycles. The van der Waals surface area contributed by atoms with E-state index in [1.165, 1.54) is 0 Å². The molecule has 4 aromatic carbocycles. The number of methoxy groups -OCH3 is 1. The fourth-order valence-electron chi connectivity index (χ4n) is 5.13. The van der Waals surface area contributed by atoms with Crippen molar-refractivity contribution < 1.29 is 19.4 Å². The predicted octanol–water partition coefficient (Wildman–Crippen LogP) is 7.11. The normalized spacial score (nSPS) is 16.1.